The Morgan fingerprint density at radius 2 is 2.03 bits per heavy atom. The minimum Gasteiger partial charge on any atom is -0.370 e. The molecular weight excluding hydrogens is 541 g/mol. The third-order valence-corrected chi connectivity index (χ3v) is 4.83. The van der Waals surface area contributed by atoms with Gasteiger partial charge in [-0.15, -0.1) is 24.0 Å². The van der Waals surface area contributed by atoms with E-state index >= 15 is 0 Å². The molecule has 1 fully saturated rings. The average Bonchev–Trinajstić information content (AvgIpc) is 3.21. The maximum Gasteiger partial charge on any atom is 0.417 e. The van der Waals surface area contributed by atoms with E-state index in [2.05, 4.69) is 30.9 Å². The Hall–Kier alpha value is -2.38. The maximum atomic E-state index is 13.9. The first kappa shape index (κ1) is 25.9. The SMILES string of the molecule is CN=C(NCCCNc1ccc(C(F)(F)F)cn1)NC1CCN(c2ncccc2F)C1.I. The number of nitrogens with one attached hydrogen (secondary N) is 3. The van der Waals surface area contributed by atoms with Crippen LogP contribution in [0.1, 0.15) is 18.4 Å². The Kier molecular flexibility index (Phi) is 9.72. The topological polar surface area (TPSA) is 77.5 Å². The second-order valence-electron chi connectivity index (χ2n) is 7.09. The van der Waals surface area contributed by atoms with Gasteiger partial charge >= 0.3 is 6.18 Å². The lowest BCUT2D eigenvalue weighted by Gasteiger charge is -2.20. The van der Waals surface area contributed by atoms with Crippen LogP contribution in [0, 0.1) is 5.82 Å². The van der Waals surface area contributed by atoms with Gasteiger partial charge in [0.1, 0.15) is 5.82 Å². The van der Waals surface area contributed by atoms with Crippen molar-refractivity contribution in [2.75, 3.05) is 43.4 Å². The molecule has 1 aliphatic heterocycles. The van der Waals surface area contributed by atoms with E-state index in [4.69, 9.17) is 0 Å². The van der Waals surface area contributed by atoms with E-state index in [0.29, 0.717) is 50.2 Å². The van der Waals surface area contributed by atoms with Crippen molar-refractivity contribution < 1.29 is 17.6 Å². The van der Waals surface area contributed by atoms with Crippen molar-refractivity contribution in [2.45, 2.75) is 25.1 Å². The second-order valence-corrected chi connectivity index (χ2v) is 7.09. The molecule has 176 valence electrons. The predicted octanol–water partition coefficient (Wildman–Crippen LogP) is 3.50. The van der Waals surface area contributed by atoms with Gasteiger partial charge < -0.3 is 20.9 Å². The zero-order valence-corrected chi connectivity index (χ0v) is 19.8. The number of nitrogens with zero attached hydrogens (tertiary/aromatic N) is 4. The zero-order valence-electron chi connectivity index (χ0n) is 17.5. The van der Waals surface area contributed by atoms with Gasteiger partial charge in [-0.25, -0.2) is 14.4 Å². The molecule has 1 saturated heterocycles. The summed E-state index contributed by atoms with van der Waals surface area (Å²) in [6.07, 6.45) is -0.459. The number of guanidine groups is 1. The lowest BCUT2D eigenvalue weighted by molar-refractivity contribution is -0.137. The molecule has 12 heteroatoms. The minimum atomic E-state index is -4.39. The molecule has 1 aliphatic rings. The average molecular weight is 567 g/mol. The summed E-state index contributed by atoms with van der Waals surface area (Å²) in [7, 11) is 1.67. The Labute approximate surface area is 201 Å². The van der Waals surface area contributed by atoms with E-state index in [1.807, 2.05) is 4.90 Å². The third-order valence-electron chi connectivity index (χ3n) is 4.83. The van der Waals surface area contributed by atoms with Crippen LogP contribution in [0.4, 0.5) is 29.2 Å². The fourth-order valence-electron chi connectivity index (χ4n) is 3.25. The molecule has 32 heavy (non-hydrogen) atoms. The predicted molar refractivity (Wildman–Crippen MR) is 127 cm³/mol. The van der Waals surface area contributed by atoms with Crippen molar-refractivity contribution in [3.05, 3.63) is 48.0 Å². The number of hydrogen-bond donors (Lipinski definition) is 3. The van der Waals surface area contributed by atoms with Crippen LogP contribution in [0.25, 0.3) is 0 Å². The van der Waals surface area contributed by atoms with Crippen LogP contribution in [0.3, 0.4) is 0 Å². The summed E-state index contributed by atoms with van der Waals surface area (Å²) < 4.78 is 51.5. The van der Waals surface area contributed by atoms with Crippen LogP contribution >= 0.6 is 24.0 Å². The Morgan fingerprint density at radius 3 is 2.69 bits per heavy atom. The smallest absolute Gasteiger partial charge is 0.370 e. The summed E-state index contributed by atoms with van der Waals surface area (Å²) in [6.45, 7) is 2.47. The fraction of sp³-hybridized carbons (Fsp3) is 0.450. The summed E-state index contributed by atoms with van der Waals surface area (Å²) in [4.78, 5) is 14.0. The number of aromatic nitrogens is 2. The van der Waals surface area contributed by atoms with Crippen molar-refractivity contribution in [3.8, 4) is 0 Å². The first-order valence-corrected chi connectivity index (χ1v) is 9.96. The molecule has 0 amide bonds. The van der Waals surface area contributed by atoms with Crippen molar-refractivity contribution in [2.24, 2.45) is 4.99 Å². The highest BCUT2D eigenvalue weighted by molar-refractivity contribution is 14.0. The van der Waals surface area contributed by atoms with Gasteiger partial charge in [-0.2, -0.15) is 13.2 Å². The number of alkyl halides is 3. The first-order valence-electron chi connectivity index (χ1n) is 9.96. The lowest BCUT2D eigenvalue weighted by atomic mass is 10.3. The molecule has 2 aromatic heterocycles. The van der Waals surface area contributed by atoms with E-state index in [-0.39, 0.29) is 35.8 Å². The van der Waals surface area contributed by atoms with Gasteiger partial charge in [-0.3, -0.25) is 4.99 Å². The highest BCUT2D eigenvalue weighted by Crippen LogP contribution is 2.28. The molecule has 3 heterocycles. The van der Waals surface area contributed by atoms with Gasteiger partial charge in [-0.1, -0.05) is 0 Å². The number of pyridine rings is 2. The molecular formula is C20H26F4IN7. The molecule has 2 aromatic rings. The van der Waals surface area contributed by atoms with Crippen molar-refractivity contribution in [1.29, 1.82) is 0 Å². The lowest BCUT2D eigenvalue weighted by Crippen LogP contribution is -2.45. The van der Waals surface area contributed by atoms with Crippen LogP contribution < -0.4 is 20.9 Å². The number of hydrogen-bond acceptors (Lipinski definition) is 5. The van der Waals surface area contributed by atoms with E-state index < -0.39 is 11.7 Å². The van der Waals surface area contributed by atoms with Gasteiger partial charge in [0.05, 0.1) is 5.56 Å². The van der Waals surface area contributed by atoms with Gasteiger partial charge in [0.15, 0.2) is 17.6 Å². The molecule has 0 radical (unpaired) electrons. The summed E-state index contributed by atoms with van der Waals surface area (Å²) in [5.41, 5.74) is -0.772. The molecule has 3 rings (SSSR count). The zero-order chi connectivity index (χ0) is 22.3. The monoisotopic (exact) mass is 567 g/mol. The van der Waals surface area contributed by atoms with Crippen molar-refractivity contribution in [3.63, 3.8) is 0 Å². The quantitative estimate of drug-likeness (QED) is 0.157. The van der Waals surface area contributed by atoms with Gasteiger partial charge in [0.25, 0.3) is 0 Å². The largest absolute Gasteiger partial charge is 0.417 e. The normalized spacial score (nSPS) is 16.5. The van der Waals surface area contributed by atoms with E-state index in [1.54, 1.807) is 19.3 Å². The Morgan fingerprint density at radius 1 is 1.22 bits per heavy atom. The number of halogens is 5. The molecule has 0 aliphatic carbocycles. The van der Waals surface area contributed by atoms with Gasteiger partial charge in [0, 0.05) is 51.7 Å². The molecule has 0 bridgehead atoms. The standard InChI is InChI=1S/C20H25F4N7.HI/c1-25-19(30-15-7-11-31(13-15)18-16(21)4-2-8-27-18)28-10-3-9-26-17-6-5-14(12-29-17)20(22,23)24;/h2,4-6,8,12,15H,3,7,9-11,13H2,1H3,(H,26,29)(H2,25,28,30);1H. The maximum absolute atomic E-state index is 13.9. The van der Waals surface area contributed by atoms with E-state index in [0.717, 1.165) is 18.7 Å². The highest BCUT2D eigenvalue weighted by Gasteiger charge is 2.30. The Bertz CT molecular complexity index is 877. The van der Waals surface area contributed by atoms with Gasteiger partial charge in [-0.05, 0) is 37.1 Å². The highest BCUT2D eigenvalue weighted by atomic mass is 127. The van der Waals surface area contributed by atoms with Gasteiger partial charge in [0.2, 0.25) is 0 Å². The summed E-state index contributed by atoms with van der Waals surface area (Å²) in [5.74, 6) is 1.06. The summed E-state index contributed by atoms with van der Waals surface area (Å²) in [5, 5.41) is 9.51. The molecule has 0 spiro atoms. The molecule has 0 aromatic carbocycles. The molecule has 7 nitrogen and oxygen atoms in total. The molecule has 1 atom stereocenters. The number of anilines is 2. The van der Waals surface area contributed by atoms with E-state index in [1.165, 1.54) is 12.1 Å². The molecule has 0 saturated carbocycles. The fourth-order valence-corrected chi connectivity index (χ4v) is 3.25. The van der Waals surface area contributed by atoms with Crippen LogP contribution in [0.5, 0.6) is 0 Å². The third kappa shape index (κ3) is 7.35. The molecule has 1 unspecified atom stereocenters. The van der Waals surface area contributed by atoms with Crippen LogP contribution in [-0.4, -0.2) is 55.2 Å². The number of aliphatic imine (C=N–C) groups is 1. The minimum absolute atomic E-state index is 0. The summed E-state index contributed by atoms with van der Waals surface area (Å²) >= 11 is 0. The van der Waals surface area contributed by atoms with E-state index in [9.17, 15) is 17.6 Å². The summed E-state index contributed by atoms with van der Waals surface area (Å²) in [6, 6.07) is 5.40. The first-order chi connectivity index (χ1) is 14.9. The van der Waals surface area contributed by atoms with Crippen molar-refractivity contribution in [1.82, 2.24) is 20.6 Å². The van der Waals surface area contributed by atoms with Crippen molar-refractivity contribution >= 4 is 41.6 Å². The Balaban J connectivity index is 0.00000363. The van der Waals surface area contributed by atoms with Crippen LogP contribution in [0.15, 0.2) is 41.7 Å². The van der Waals surface area contributed by atoms with Crippen LogP contribution in [-0.2, 0) is 6.18 Å². The molecule has 3 N–H and O–H groups in total. The van der Waals surface area contributed by atoms with Crippen LogP contribution in [0.2, 0.25) is 0 Å². The number of rotatable bonds is 7. The second kappa shape index (κ2) is 12.0.